The molecule has 0 atom stereocenters. The molecule has 21 heavy (non-hydrogen) atoms. The van der Waals surface area contributed by atoms with E-state index in [1.807, 2.05) is 26.0 Å². The molecule has 0 bridgehead atoms. The normalized spacial score (nSPS) is 11.0. The van der Waals surface area contributed by atoms with Gasteiger partial charge in [0.2, 0.25) is 0 Å². The summed E-state index contributed by atoms with van der Waals surface area (Å²) in [6, 6.07) is 5.42. The maximum absolute atomic E-state index is 10.9. The van der Waals surface area contributed by atoms with Crippen LogP contribution in [0.1, 0.15) is 21.5 Å². The number of hydrogen-bond donors (Lipinski definition) is 2. The Morgan fingerprint density at radius 3 is 2.57 bits per heavy atom. The quantitative estimate of drug-likeness (QED) is 0.752. The highest BCUT2D eigenvalue weighted by molar-refractivity contribution is 5.89. The van der Waals surface area contributed by atoms with Gasteiger partial charge in [0.25, 0.3) is 0 Å². The van der Waals surface area contributed by atoms with Crippen molar-refractivity contribution in [2.75, 3.05) is 5.73 Å². The van der Waals surface area contributed by atoms with Gasteiger partial charge >= 0.3 is 5.97 Å². The van der Waals surface area contributed by atoms with Gasteiger partial charge in [-0.25, -0.2) is 14.8 Å². The first-order chi connectivity index (χ1) is 9.97. The van der Waals surface area contributed by atoms with Crippen molar-refractivity contribution < 1.29 is 9.90 Å². The van der Waals surface area contributed by atoms with E-state index in [1.165, 1.54) is 12.3 Å². The Balaban J connectivity index is 2.21. The zero-order chi connectivity index (χ0) is 15.1. The lowest BCUT2D eigenvalue weighted by Crippen LogP contribution is -2.05. The third kappa shape index (κ3) is 2.10. The fourth-order valence-corrected chi connectivity index (χ4v) is 2.23. The van der Waals surface area contributed by atoms with Crippen LogP contribution in [0.25, 0.3) is 16.9 Å². The van der Waals surface area contributed by atoms with Gasteiger partial charge in [0.15, 0.2) is 5.82 Å². The number of carbonyl (C=O) groups is 1. The van der Waals surface area contributed by atoms with Crippen molar-refractivity contribution in [3.8, 4) is 5.82 Å². The van der Waals surface area contributed by atoms with Crippen LogP contribution in [-0.4, -0.2) is 25.6 Å². The molecule has 2 aromatic heterocycles. The summed E-state index contributed by atoms with van der Waals surface area (Å²) in [4.78, 5) is 19.4. The second kappa shape index (κ2) is 4.59. The van der Waals surface area contributed by atoms with E-state index >= 15 is 0 Å². The maximum atomic E-state index is 10.9. The Bertz CT molecular complexity index is 867. The van der Waals surface area contributed by atoms with Gasteiger partial charge in [-0.3, -0.25) is 4.57 Å². The maximum Gasteiger partial charge on any atom is 0.337 e. The number of nitrogen functional groups attached to an aromatic ring is 1. The molecule has 2 heterocycles. The number of fused-ring (bicyclic) bond motifs is 1. The van der Waals surface area contributed by atoms with Gasteiger partial charge in [-0.15, -0.1) is 0 Å². The third-order valence-electron chi connectivity index (χ3n) is 3.53. The molecule has 3 N–H and O–H groups in total. The van der Waals surface area contributed by atoms with Crippen molar-refractivity contribution in [1.82, 2.24) is 14.5 Å². The fraction of sp³-hybridized carbons (Fsp3) is 0.133. The van der Waals surface area contributed by atoms with Crippen LogP contribution in [0.3, 0.4) is 0 Å². The minimum absolute atomic E-state index is 0.0627. The molecule has 3 aromatic rings. The number of pyridine rings is 1. The standard InChI is InChI=1S/C15H14N4O2/c1-8-3-12-13(4-9(8)2)19(7-18-12)14-11(16)5-10(6-17-14)15(20)21/h3-7H,16H2,1-2H3,(H,20,21). The summed E-state index contributed by atoms with van der Waals surface area (Å²) in [5, 5.41) is 8.95. The summed E-state index contributed by atoms with van der Waals surface area (Å²) in [5.41, 5.74) is 10.3. The van der Waals surface area contributed by atoms with Crippen LogP contribution >= 0.6 is 0 Å². The van der Waals surface area contributed by atoms with E-state index in [4.69, 9.17) is 10.8 Å². The molecule has 6 nitrogen and oxygen atoms in total. The lowest BCUT2D eigenvalue weighted by Gasteiger charge is -2.08. The van der Waals surface area contributed by atoms with Gasteiger partial charge in [-0.2, -0.15) is 0 Å². The van der Waals surface area contributed by atoms with Crippen LogP contribution in [0.2, 0.25) is 0 Å². The molecule has 0 spiro atoms. The fourth-order valence-electron chi connectivity index (χ4n) is 2.23. The number of anilines is 1. The van der Waals surface area contributed by atoms with Gasteiger partial charge in [-0.05, 0) is 43.2 Å². The lowest BCUT2D eigenvalue weighted by atomic mass is 10.1. The van der Waals surface area contributed by atoms with E-state index in [2.05, 4.69) is 9.97 Å². The Labute approximate surface area is 120 Å². The second-order valence-electron chi connectivity index (χ2n) is 4.98. The number of aromatic nitrogens is 3. The zero-order valence-corrected chi connectivity index (χ0v) is 11.7. The smallest absolute Gasteiger partial charge is 0.337 e. The summed E-state index contributed by atoms with van der Waals surface area (Å²) in [5.74, 6) is -0.575. The predicted octanol–water partition coefficient (Wildman–Crippen LogP) is 2.32. The number of nitrogens with two attached hydrogens (primary N) is 1. The van der Waals surface area contributed by atoms with Gasteiger partial charge in [0, 0.05) is 6.20 Å². The van der Waals surface area contributed by atoms with E-state index < -0.39 is 5.97 Å². The summed E-state index contributed by atoms with van der Waals surface area (Å²) in [6.45, 7) is 4.05. The summed E-state index contributed by atoms with van der Waals surface area (Å²) in [7, 11) is 0. The number of aryl methyl sites for hydroxylation is 2. The Kier molecular flexibility index (Phi) is 2.86. The van der Waals surface area contributed by atoms with Gasteiger partial charge in [0.1, 0.15) is 6.33 Å². The highest BCUT2D eigenvalue weighted by Gasteiger charge is 2.12. The first kappa shape index (κ1) is 13.1. The monoisotopic (exact) mass is 282 g/mol. The molecule has 0 aliphatic heterocycles. The number of imidazole rings is 1. The van der Waals surface area contributed by atoms with E-state index in [9.17, 15) is 4.79 Å². The molecular weight excluding hydrogens is 268 g/mol. The number of nitrogens with zero attached hydrogens (tertiary/aromatic N) is 3. The van der Waals surface area contributed by atoms with Crippen molar-refractivity contribution in [3.05, 3.63) is 47.4 Å². The molecule has 0 amide bonds. The summed E-state index contributed by atoms with van der Waals surface area (Å²) in [6.07, 6.45) is 2.93. The number of carboxylic acids is 1. The van der Waals surface area contributed by atoms with Crippen LogP contribution < -0.4 is 5.73 Å². The minimum Gasteiger partial charge on any atom is -0.478 e. The molecule has 0 aliphatic rings. The van der Waals surface area contributed by atoms with Gasteiger partial charge in [0.05, 0.1) is 22.3 Å². The average molecular weight is 282 g/mol. The Morgan fingerprint density at radius 1 is 1.19 bits per heavy atom. The number of aromatic carboxylic acids is 1. The van der Waals surface area contributed by atoms with E-state index in [-0.39, 0.29) is 5.56 Å². The molecule has 0 saturated heterocycles. The highest BCUT2D eigenvalue weighted by atomic mass is 16.4. The van der Waals surface area contributed by atoms with Gasteiger partial charge in [-0.1, -0.05) is 0 Å². The number of rotatable bonds is 2. The average Bonchev–Trinajstić information content (AvgIpc) is 2.82. The van der Waals surface area contributed by atoms with Gasteiger partial charge < -0.3 is 10.8 Å². The SMILES string of the molecule is Cc1cc2ncn(-c3ncc(C(=O)O)cc3N)c2cc1C. The molecule has 1 aromatic carbocycles. The topological polar surface area (TPSA) is 94.0 Å². The van der Waals surface area contributed by atoms with Crippen molar-refractivity contribution >= 4 is 22.7 Å². The molecule has 3 rings (SSSR count). The summed E-state index contributed by atoms with van der Waals surface area (Å²) < 4.78 is 1.77. The highest BCUT2D eigenvalue weighted by Crippen LogP contribution is 2.24. The Morgan fingerprint density at radius 2 is 1.90 bits per heavy atom. The minimum atomic E-state index is -1.05. The zero-order valence-electron chi connectivity index (χ0n) is 11.7. The largest absolute Gasteiger partial charge is 0.478 e. The first-order valence-electron chi connectivity index (χ1n) is 6.41. The molecule has 6 heteroatoms. The molecule has 0 aliphatic carbocycles. The van der Waals surface area contributed by atoms with Crippen LogP contribution in [0, 0.1) is 13.8 Å². The number of hydrogen-bond acceptors (Lipinski definition) is 4. The van der Waals surface area contributed by atoms with E-state index in [0.29, 0.717) is 11.5 Å². The first-order valence-corrected chi connectivity index (χ1v) is 6.41. The Hall–Kier alpha value is -2.89. The summed E-state index contributed by atoms with van der Waals surface area (Å²) >= 11 is 0. The molecule has 0 fully saturated rings. The molecular formula is C15H14N4O2. The third-order valence-corrected chi connectivity index (χ3v) is 3.53. The molecule has 106 valence electrons. The molecule has 0 unspecified atom stereocenters. The van der Waals surface area contributed by atoms with Crippen molar-refractivity contribution in [3.63, 3.8) is 0 Å². The van der Waals surface area contributed by atoms with Crippen molar-refractivity contribution in [2.45, 2.75) is 13.8 Å². The van der Waals surface area contributed by atoms with Crippen molar-refractivity contribution in [1.29, 1.82) is 0 Å². The lowest BCUT2D eigenvalue weighted by molar-refractivity contribution is 0.0696. The van der Waals surface area contributed by atoms with E-state index in [0.717, 1.165) is 22.2 Å². The predicted molar refractivity (Wildman–Crippen MR) is 79.7 cm³/mol. The van der Waals surface area contributed by atoms with Crippen LogP contribution in [-0.2, 0) is 0 Å². The number of carboxylic acid groups (broad SMARTS) is 1. The molecule has 0 saturated carbocycles. The van der Waals surface area contributed by atoms with Crippen LogP contribution in [0.4, 0.5) is 5.69 Å². The van der Waals surface area contributed by atoms with Crippen molar-refractivity contribution in [2.24, 2.45) is 0 Å². The van der Waals surface area contributed by atoms with E-state index in [1.54, 1.807) is 10.9 Å². The van der Waals surface area contributed by atoms with Crippen LogP contribution in [0.15, 0.2) is 30.7 Å². The van der Waals surface area contributed by atoms with Crippen LogP contribution in [0.5, 0.6) is 0 Å². The molecule has 0 radical (unpaired) electrons. The number of benzene rings is 1. The second-order valence-corrected chi connectivity index (χ2v) is 4.98.